The second-order valence-electron chi connectivity index (χ2n) is 6.28. The Hall–Kier alpha value is -1.80. The number of rotatable bonds is 2. The second kappa shape index (κ2) is 4.88. The zero-order chi connectivity index (χ0) is 14.3. The van der Waals surface area contributed by atoms with Gasteiger partial charge in [0.25, 0.3) is 0 Å². The Balaban J connectivity index is 1.87. The Kier molecular flexibility index (Phi) is 3.00. The van der Waals surface area contributed by atoms with Crippen molar-refractivity contribution in [2.45, 2.75) is 31.2 Å². The van der Waals surface area contributed by atoms with Crippen LogP contribution >= 0.6 is 0 Å². The number of fused-ring (bicyclic) bond motifs is 2. The lowest BCUT2D eigenvalue weighted by molar-refractivity contribution is 0.353. The van der Waals surface area contributed by atoms with Gasteiger partial charge in [-0.25, -0.2) is 0 Å². The van der Waals surface area contributed by atoms with Gasteiger partial charge in [-0.3, -0.25) is 0 Å². The molecule has 1 atom stereocenters. The quantitative estimate of drug-likeness (QED) is 0.914. The molecular formula is C19H22N2. The Morgan fingerprint density at radius 3 is 2.57 bits per heavy atom. The average molecular weight is 278 g/mol. The van der Waals surface area contributed by atoms with Crippen LogP contribution in [0.15, 0.2) is 48.5 Å². The third-order valence-electron chi connectivity index (χ3n) is 5.30. The third kappa shape index (κ3) is 1.82. The van der Waals surface area contributed by atoms with Gasteiger partial charge >= 0.3 is 0 Å². The van der Waals surface area contributed by atoms with Gasteiger partial charge in [0.15, 0.2) is 0 Å². The van der Waals surface area contributed by atoms with Crippen LogP contribution < -0.4 is 10.6 Å². The number of para-hydroxylation sites is 1. The Bertz CT molecular complexity index is 664. The summed E-state index contributed by atoms with van der Waals surface area (Å²) in [5, 5.41) is 0. The molecule has 1 unspecified atom stereocenters. The molecule has 2 heteroatoms. The van der Waals surface area contributed by atoms with Gasteiger partial charge in [-0.2, -0.15) is 0 Å². The van der Waals surface area contributed by atoms with Crippen molar-refractivity contribution in [2.75, 3.05) is 18.0 Å². The van der Waals surface area contributed by atoms with E-state index in [1.54, 1.807) is 0 Å². The van der Waals surface area contributed by atoms with Crippen LogP contribution in [0.1, 0.15) is 29.5 Å². The Labute approximate surface area is 126 Å². The van der Waals surface area contributed by atoms with E-state index < -0.39 is 0 Å². The number of nitrogens with zero attached hydrogens (tertiary/aromatic N) is 1. The molecule has 1 heterocycles. The maximum absolute atomic E-state index is 6.35. The highest BCUT2D eigenvalue weighted by atomic mass is 15.2. The van der Waals surface area contributed by atoms with E-state index in [0.29, 0.717) is 6.54 Å². The lowest BCUT2D eigenvalue weighted by Crippen LogP contribution is -2.52. The molecule has 2 aromatic carbocycles. The van der Waals surface area contributed by atoms with Gasteiger partial charge in [0.2, 0.25) is 0 Å². The molecule has 2 aromatic rings. The summed E-state index contributed by atoms with van der Waals surface area (Å²) < 4.78 is 0. The van der Waals surface area contributed by atoms with E-state index in [-0.39, 0.29) is 5.54 Å². The van der Waals surface area contributed by atoms with E-state index in [1.807, 2.05) is 0 Å². The normalized spacial score (nSPS) is 23.8. The van der Waals surface area contributed by atoms with Gasteiger partial charge in [-0.15, -0.1) is 0 Å². The van der Waals surface area contributed by atoms with Gasteiger partial charge in [0, 0.05) is 18.8 Å². The summed E-state index contributed by atoms with van der Waals surface area (Å²) in [7, 11) is 0. The predicted molar refractivity (Wildman–Crippen MR) is 87.6 cm³/mol. The molecule has 1 aliphatic carbocycles. The van der Waals surface area contributed by atoms with Crippen molar-refractivity contribution >= 4 is 5.69 Å². The predicted octanol–water partition coefficient (Wildman–Crippen LogP) is 3.24. The molecule has 0 aromatic heterocycles. The fourth-order valence-corrected chi connectivity index (χ4v) is 4.28. The SMILES string of the molecule is NCC1(N2CCc3ccccc32)CCCc2ccccc21. The highest BCUT2D eigenvalue weighted by molar-refractivity contribution is 5.62. The monoisotopic (exact) mass is 278 g/mol. The van der Waals surface area contributed by atoms with Crippen molar-refractivity contribution in [3.05, 3.63) is 65.2 Å². The first-order valence-corrected chi connectivity index (χ1v) is 7.99. The van der Waals surface area contributed by atoms with Crippen molar-refractivity contribution in [2.24, 2.45) is 5.73 Å². The summed E-state index contributed by atoms with van der Waals surface area (Å²) in [5.41, 5.74) is 12.1. The minimum Gasteiger partial charge on any atom is -0.360 e. The molecule has 0 fully saturated rings. The van der Waals surface area contributed by atoms with Crippen molar-refractivity contribution < 1.29 is 0 Å². The zero-order valence-corrected chi connectivity index (χ0v) is 12.4. The molecule has 2 aliphatic rings. The molecule has 0 amide bonds. The first-order valence-electron chi connectivity index (χ1n) is 7.99. The van der Waals surface area contributed by atoms with Crippen molar-refractivity contribution in [1.29, 1.82) is 0 Å². The summed E-state index contributed by atoms with van der Waals surface area (Å²) in [4.78, 5) is 2.58. The van der Waals surface area contributed by atoms with E-state index in [1.165, 1.54) is 35.2 Å². The molecular weight excluding hydrogens is 256 g/mol. The summed E-state index contributed by atoms with van der Waals surface area (Å²) >= 11 is 0. The zero-order valence-electron chi connectivity index (χ0n) is 12.4. The fourth-order valence-electron chi connectivity index (χ4n) is 4.28. The number of anilines is 1. The highest BCUT2D eigenvalue weighted by Crippen LogP contribution is 2.44. The van der Waals surface area contributed by atoms with Crippen LogP contribution in [0.4, 0.5) is 5.69 Å². The van der Waals surface area contributed by atoms with E-state index in [9.17, 15) is 0 Å². The minimum atomic E-state index is -0.0125. The van der Waals surface area contributed by atoms with Crippen LogP contribution in [-0.2, 0) is 18.4 Å². The lowest BCUT2D eigenvalue weighted by Gasteiger charge is -2.47. The molecule has 0 radical (unpaired) electrons. The van der Waals surface area contributed by atoms with Gasteiger partial charge in [0.1, 0.15) is 0 Å². The van der Waals surface area contributed by atoms with Gasteiger partial charge in [0.05, 0.1) is 5.54 Å². The maximum atomic E-state index is 6.35. The number of aryl methyl sites for hydroxylation is 1. The van der Waals surface area contributed by atoms with Crippen molar-refractivity contribution in [3.63, 3.8) is 0 Å². The van der Waals surface area contributed by atoms with Crippen LogP contribution in [0.25, 0.3) is 0 Å². The minimum absolute atomic E-state index is 0.0125. The smallest absolute Gasteiger partial charge is 0.0778 e. The third-order valence-corrected chi connectivity index (χ3v) is 5.30. The molecule has 2 nitrogen and oxygen atoms in total. The molecule has 0 spiro atoms. The molecule has 108 valence electrons. The van der Waals surface area contributed by atoms with E-state index in [0.717, 1.165) is 19.4 Å². The Morgan fingerprint density at radius 2 is 1.71 bits per heavy atom. The maximum Gasteiger partial charge on any atom is 0.0778 e. The van der Waals surface area contributed by atoms with Crippen LogP contribution in [-0.4, -0.2) is 13.1 Å². The molecule has 0 bridgehead atoms. The average Bonchev–Trinajstić information content (AvgIpc) is 2.99. The molecule has 0 saturated carbocycles. The molecule has 2 N–H and O–H groups in total. The highest BCUT2D eigenvalue weighted by Gasteiger charge is 2.42. The van der Waals surface area contributed by atoms with Gasteiger partial charge in [-0.1, -0.05) is 42.5 Å². The molecule has 0 saturated heterocycles. The van der Waals surface area contributed by atoms with E-state index in [4.69, 9.17) is 5.73 Å². The van der Waals surface area contributed by atoms with Gasteiger partial charge in [-0.05, 0) is 48.4 Å². The number of benzene rings is 2. The van der Waals surface area contributed by atoms with Crippen LogP contribution in [0.2, 0.25) is 0 Å². The lowest BCUT2D eigenvalue weighted by atomic mass is 9.75. The van der Waals surface area contributed by atoms with E-state index in [2.05, 4.69) is 53.4 Å². The number of nitrogens with two attached hydrogens (primary N) is 1. The van der Waals surface area contributed by atoms with E-state index >= 15 is 0 Å². The fraction of sp³-hybridized carbons (Fsp3) is 0.368. The molecule has 1 aliphatic heterocycles. The standard InChI is InChI=1S/C19H22N2/c20-14-19(12-5-8-15-6-1-3-9-17(15)19)21-13-11-16-7-2-4-10-18(16)21/h1-4,6-7,9-10H,5,8,11-14,20H2. The topological polar surface area (TPSA) is 29.3 Å². The summed E-state index contributed by atoms with van der Waals surface area (Å²) in [6, 6.07) is 17.7. The molecule has 21 heavy (non-hydrogen) atoms. The van der Waals surface area contributed by atoms with Crippen molar-refractivity contribution in [1.82, 2.24) is 0 Å². The largest absolute Gasteiger partial charge is 0.360 e. The first kappa shape index (κ1) is 12.9. The van der Waals surface area contributed by atoms with Gasteiger partial charge < -0.3 is 10.6 Å². The van der Waals surface area contributed by atoms with Crippen LogP contribution in [0, 0.1) is 0 Å². The first-order chi connectivity index (χ1) is 10.3. The summed E-state index contributed by atoms with van der Waals surface area (Å²) in [5.74, 6) is 0. The summed E-state index contributed by atoms with van der Waals surface area (Å²) in [6.07, 6.45) is 4.72. The number of hydrogen-bond acceptors (Lipinski definition) is 2. The Morgan fingerprint density at radius 1 is 0.952 bits per heavy atom. The number of hydrogen-bond donors (Lipinski definition) is 1. The van der Waals surface area contributed by atoms with Crippen LogP contribution in [0.3, 0.4) is 0 Å². The van der Waals surface area contributed by atoms with Crippen molar-refractivity contribution in [3.8, 4) is 0 Å². The molecule has 4 rings (SSSR count). The summed E-state index contributed by atoms with van der Waals surface area (Å²) in [6.45, 7) is 1.78. The second-order valence-corrected chi connectivity index (χ2v) is 6.28. The van der Waals surface area contributed by atoms with Crippen LogP contribution in [0.5, 0.6) is 0 Å².